The van der Waals surface area contributed by atoms with Crippen molar-refractivity contribution in [3.63, 3.8) is 0 Å². The SMILES string of the molecule is COc1ccc(-n2c(SCC(=O)N3CCCCOC[C@H](O)[C@H](O)[C@@H](OC)CN(C(C)=O)C[C@H](C(C)C)[C@H]3c3cccc(OC)c3)nnc2-c2cccnc2)cc1. The minimum absolute atomic E-state index is 0.00765. The highest BCUT2D eigenvalue weighted by atomic mass is 32.2. The number of amides is 2. The number of carbonyl (C=O) groups excluding carboxylic acids is 2. The van der Waals surface area contributed by atoms with Gasteiger partial charge in [0, 0.05) is 69.8 Å². The van der Waals surface area contributed by atoms with Crippen LogP contribution < -0.4 is 9.47 Å². The molecule has 0 spiro atoms. The van der Waals surface area contributed by atoms with E-state index in [0.717, 1.165) is 16.8 Å². The molecule has 2 aromatic carbocycles. The van der Waals surface area contributed by atoms with Crippen molar-refractivity contribution in [1.29, 1.82) is 0 Å². The van der Waals surface area contributed by atoms with Crippen LogP contribution in [0.1, 0.15) is 45.2 Å². The summed E-state index contributed by atoms with van der Waals surface area (Å²) in [5.74, 6) is 1.35. The van der Waals surface area contributed by atoms with E-state index in [9.17, 15) is 19.8 Å². The summed E-state index contributed by atoms with van der Waals surface area (Å²) < 4.78 is 24.4. The van der Waals surface area contributed by atoms with E-state index in [4.69, 9.17) is 18.9 Å². The predicted octanol–water partition coefficient (Wildman–Crippen LogP) is 4.68. The molecule has 0 unspecified atom stereocenters. The molecule has 56 heavy (non-hydrogen) atoms. The molecule has 4 aromatic rings. The zero-order valence-electron chi connectivity index (χ0n) is 33.0. The molecule has 1 saturated heterocycles. The number of hydrogen-bond donors (Lipinski definition) is 2. The molecule has 0 radical (unpaired) electrons. The van der Waals surface area contributed by atoms with Crippen LogP contribution in [0.4, 0.5) is 0 Å². The number of methoxy groups -OCH3 is 3. The van der Waals surface area contributed by atoms with Crippen molar-refractivity contribution >= 4 is 23.6 Å². The summed E-state index contributed by atoms with van der Waals surface area (Å²) in [5, 5.41) is 31.4. The second-order valence-corrected chi connectivity index (χ2v) is 15.1. The lowest BCUT2D eigenvalue weighted by Gasteiger charge is -2.42. The first-order valence-corrected chi connectivity index (χ1v) is 19.8. The van der Waals surface area contributed by atoms with Crippen molar-refractivity contribution in [3.05, 3.63) is 78.6 Å². The van der Waals surface area contributed by atoms with E-state index in [0.29, 0.717) is 48.5 Å². The van der Waals surface area contributed by atoms with Gasteiger partial charge in [0.1, 0.15) is 29.8 Å². The molecule has 2 aromatic heterocycles. The average molecular weight is 791 g/mol. The number of aromatic nitrogens is 4. The summed E-state index contributed by atoms with van der Waals surface area (Å²) in [4.78, 5) is 36.0. The van der Waals surface area contributed by atoms with E-state index in [2.05, 4.69) is 29.0 Å². The highest BCUT2D eigenvalue weighted by Crippen LogP contribution is 2.38. The molecule has 2 amide bonds. The number of rotatable bonds is 10. The Labute approximate surface area is 333 Å². The van der Waals surface area contributed by atoms with Gasteiger partial charge < -0.3 is 39.0 Å². The second kappa shape index (κ2) is 20.6. The van der Waals surface area contributed by atoms with E-state index in [-0.39, 0.29) is 49.1 Å². The second-order valence-electron chi connectivity index (χ2n) is 14.1. The first-order chi connectivity index (χ1) is 27.1. The van der Waals surface area contributed by atoms with Crippen molar-refractivity contribution in [2.45, 2.75) is 63.1 Å². The van der Waals surface area contributed by atoms with Crippen LogP contribution in [-0.4, -0.2) is 130 Å². The molecule has 3 heterocycles. The van der Waals surface area contributed by atoms with Crippen molar-refractivity contribution in [1.82, 2.24) is 29.5 Å². The van der Waals surface area contributed by atoms with E-state index in [1.165, 1.54) is 25.8 Å². The fourth-order valence-corrected chi connectivity index (χ4v) is 7.80. The van der Waals surface area contributed by atoms with Gasteiger partial charge in [0.15, 0.2) is 11.0 Å². The van der Waals surface area contributed by atoms with E-state index >= 15 is 0 Å². The molecule has 5 atom stereocenters. The number of pyridine rings is 1. The zero-order chi connectivity index (χ0) is 40.2. The van der Waals surface area contributed by atoms with Gasteiger partial charge in [0.05, 0.1) is 32.6 Å². The van der Waals surface area contributed by atoms with Gasteiger partial charge in [-0.2, -0.15) is 0 Å². The van der Waals surface area contributed by atoms with Gasteiger partial charge >= 0.3 is 0 Å². The van der Waals surface area contributed by atoms with Gasteiger partial charge in [0.2, 0.25) is 11.8 Å². The molecule has 2 N–H and O–H groups in total. The fraction of sp³-hybridized carbons (Fsp3) is 0.488. The number of thioether (sulfide) groups is 1. The lowest BCUT2D eigenvalue weighted by molar-refractivity contribution is -0.139. The Morgan fingerprint density at radius 2 is 1.73 bits per heavy atom. The lowest BCUT2D eigenvalue weighted by Crippen LogP contribution is -2.51. The maximum absolute atomic E-state index is 14.9. The smallest absolute Gasteiger partial charge is 0.233 e. The maximum Gasteiger partial charge on any atom is 0.233 e. The van der Waals surface area contributed by atoms with Gasteiger partial charge in [-0.3, -0.25) is 19.1 Å². The van der Waals surface area contributed by atoms with Crippen molar-refractivity contribution in [2.24, 2.45) is 11.8 Å². The van der Waals surface area contributed by atoms with E-state index in [1.807, 2.05) is 70.1 Å². The largest absolute Gasteiger partial charge is 0.497 e. The highest BCUT2D eigenvalue weighted by Gasteiger charge is 2.38. The molecule has 302 valence electrons. The molecule has 0 aliphatic carbocycles. The quantitative estimate of drug-likeness (QED) is 0.214. The molecular formula is C41H54N6O8S. The van der Waals surface area contributed by atoms with Gasteiger partial charge in [-0.25, -0.2) is 0 Å². The van der Waals surface area contributed by atoms with E-state index in [1.54, 1.807) is 31.5 Å². The highest BCUT2D eigenvalue weighted by molar-refractivity contribution is 7.99. The topological polar surface area (TPSA) is 162 Å². The third-order valence-electron chi connectivity index (χ3n) is 10.1. The Balaban J connectivity index is 1.55. The Kier molecular flexibility index (Phi) is 15.7. The summed E-state index contributed by atoms with van der Waals surface area (Å²) in [7, 11) is 4.67. The number of aliphatic hydroxyl groups excluding tert-OH is 2. The molecule has 0 bridgehead atoms. The molecule has 1 aliphatic heterocycles. The third-order valence-corrected chi connectivity index (χ3v) is 11.1. The van der Waals surface area contributed by atoms with Crippen molar-refractivity contribution in [3.8, 4) is 28.6 Å². The van der Waals surface area contributed by atoms with Crippen molar-refractivity contribution in [2.75, 3.05) is 59.9 Å². The Hall–Kier alpha value is -4.54. The Bertz CT molecular complexity index is 1850. The summed E-state index contributed by atoms with van der Waals surface area (Å²) in [5.41, 5.74) is 2.43. The molecule has 5 rings (SSSR count). The average Bonchev–Trinajstić information content (AvgIpc) is 3.64. The summed E-state index contributed by atoms with van der Waals surface area (Å²) in [6.07, 6.45) is 1.25. The third kappa shape index (κ3) is 10.6. The van der Waals surface area contributed by atoms with Crippen molar-refractivity contribution < 1.29 is 38.7 Å². The standard InChI is InChI=1S/C41H54N6O8S/c1-27(2)34-23-45(28(3)48)24-36(54-6)39(51)35(49)25-55-20-8-7-19-46(38(34)29-11-9-13-33(21-29)53-5)37(50)26-56-41-44-43-40(30-12-10-18-42-22-30)47(41)31-14-16-32(52-4)17-15-31/h9-18,21-22,27,34-36,38-39,49,51H,7-8,19-20,23-26H2,1-6H3/t34-,35+,36+,38-,39+/m1/s1. The number of ether oxygens (including phenoxy) is 4. The van der Waals surface area contributed by atoms with Crippen LogP contribution in [0.5, 0.6) is 11.5 Å². The fourth-order valence-electron chi connectivity index (χ4n) is 6.96. The zero-order valence-corrected chi connectivity index (χ0v) is 33.8. The number of nitrogens with zero attached hydrogens (tertiary/aromatic N) is 6. The molecule has 0 saturated carbocycles. The first kappa shape index (κ1) is 42.6. The molecule has 1 fully saturated rings. The number of aliphatic hydroxyl groups is 2. The molecule has 14 nitrogen and oxygen atoms in total. The minimum Gasteiger partial charge on any atom is -0.497 e. The Morgan fingerprint density at radius 1 is 0.964 bits per heavy atom. The normalized spacial score (nSPS) is 21.6. The Morgan fingerprint density at radius 3 is 2.39 bits per heavy atom. The van der Waals surface area contributed by atoms with Gasteiger partial charge in [-0.05, 0) is 72.9 Å². The number of benzene rings is 2. The van der Waals surface area contributed by atoms with E-state index < -0.39 is 24.4 Å². The monoisotopic (exact) mass is 790 g/mol. The maximum atomic E-state index is 14.9. The summed E-state index contributed by atoms with van der Waals surface area (Å²) in [6, 6.07) is 18.5. The van der Waals surface area contributed by atoms with Crippen LogP contribution in [0, 0.1) is 11.8 Å². The van der Waals surface area contributed by atoms with Gasteiger partial charge in [0.25, 0.3) is 0 Å². The number of hydrogen-bond acceptors (Lipinski definition) is 12. The van der Waals surface area contributed by atoms with Crippen LogP contribution in [0.25, 0.3) is 17.1 Å². The minimum atomic E-state index is -1.28. The first-order valence-electron chi connectivity index (χ1n) is 18.8. The number of carbonyl (C=O) groups is 2. The molecule has 15 heteroatoms. The summed E-state index contributed by atoms with van der Waals surface area (Å²) in [6.45, 7) is 6.54. The van der Waals surface area contributed by atoms with Crippen LogP contribution >= 0.6 is 11.8 Å². The van der Waals surface area contributed by atoms with Crippen LogP contribution in [0.3, 0.4) is 0 Å². The lowest BCUT2D eigenvalue weighted by atomic mass is 9.82. The van der Waals surface area contributed by atoms with Crippen LogP contribution in [-0.2, 0) is 19.1 Å². The molecular weight excluding hydrogens is 737 g/mol. The van der Waals surface area contributed by atoms with Crippen LogP contribution in [0.15, 0.2) is 78.2 Å². The van der Waals surface area contributed by atoms with Gasteiger partial charge in [-0.15, -0.1) is 10.2 Å². The van der Waals surface area contributed by atoms with Gasteiger partial charge in [-0.1, -0.05) is 37.7 Å². The summed E-state index contributed by atoms with van der Waals surface area (Å²) >= 11 is 1.29. The predicted molar refractivity (Wildman–Crippen MR) is 213 cm³/mol. The molecule has 1 aliphatic rings. The van der Waals surface area contributed by atoms with Crippen LogP contribution in [0.2, 0.25) is 0 Å².